The third-order valence-corrected chi connectivity index (χ3v) is 4.88. The molecular weight excluding hydrogens is 335 g/mol. The average molecular weight is 358 g/mol. The molecule has 26 heavy (non-hydrogen) atoms. The van der Waals surface area contributed by atoms with Crippen molar-refractivity contribution < 1.29 is 14.0 Å². The lowest BCUT2D eigenvalue weighted by Gasteiger charge is -2.22. The number of benzene rings is 1. The molecule has 0 spiro atoms. The first kappa shape index (κ1) is 18.1. The van der Waals surface area contributed by atoms with Crippen molar-refractivity contribution in [1.29, 1.82) is 0 Å². The SMILES string of the molecule is Cc1nn(C)c(C)c1C(=O)N1CCCN(C(=O)c2ccc(F)cc2)CC1. The first-order chi connectivity index (χ1) is 12.4. The van der Waals surface area contributed by atoms with Gasteiger partial charge in [0, 0.05) is 44.5 Å². The highest BCUT2D eigenvalue weighted by Crippen LogP contribution is 2.17. The van der Waals surface area contributed by atoms with Crippen LogP contribution < -0.4 is 0 Å². The summed E-state index contributed by atoms with van der Waals surface area (Å²) in [6, 6.07) is 5.56. The maximum absolute atomic E-state index is 13.0. The first-order valence-corrected chi connectivity index (χ1v) is 8.73. The molecule has 1 aromatic heterocycles. The highest BCUT2D eigenvalue weighted by atomic mass is 19.1. The molecule has 0 saturated carbocycles. The molecule has 3 rings (SSSR count). The molecule has 0 N–H and O–H groups in total. The van der Waals surface area contributed by atoms with Gasteiger partial charge in [0.15, 0.2) is 0 Å². The summed E-state index contributed by atoms with van der Waals surface area (Å²) < 4.78 is 14.8. The zero-order valence-corrected chi connectivity index (χ0v) is 15.3. The molecule has 6 nitrogen and oxygen atoms in total. The van der Waals surface area contributed by atoms with Crippen LogP contribution in [-0.2, 0) is 7.05 Å². The molecule has 1 aliphatic heterocycles. The molecule has 138 valence electrons. The van der Waals surface area contributed by atoms with E-state index in [0.717, 1.165) is 11.4 Å². The first-order valence-electron chi connectivity index (χ1n) is 8.73. The lowest BCUT2D eigenvalue weighted by Crippen LogP contribution is -2.37. The number of aryl methyl sites for hydroxylation is 2. The van der Waals surface area contributed by atoms with E-state index >= 15 is 0 Å². The van der Waals surface area contributed by atoms with Gasteiger partial charge in [-0.1, -0.05) is 0 Å². The fourth-order valence-electron chi connectivity index (χ4n) is 3.34. The van der Waals surface area contributed by atoms with E-state index in [-0.39, 0.29) is 17.6 Å². The third-order valence-electron chi connectivity index (χ3n) is 4.88. The maximum atomic E-state index is 13.0. The molecule has 2 aromatic rings. The maximum Gasteiger partial charge on any atom is 0.257 e. The number of carbonyl (C=O) groups excluding carboxylic acids is 2. The monoisotopic (exact) mass is 358 g/mol. The van der Waals surface area contributed by atoms with Crippen molar-refractivity contribution in [3.8, 4) is 0 Å². The molecular formula is C19H23FN4O2. The van der Waals surface area contributed by atoms with Gasteiger partial charge in [-0.15, -0.1) is 0 Å². The smallest absolute Gasteiger partial charge is 0.257 e. The van der Waals surface area contributed by atoms with Crippen molar-refractivity contribution in [2.24, 2.45) is 7.05 Å². The normalized spacial score (nSPS) is 15.1. The number of hydrogen-bond acceptors (Lipinski definition) is 3. The van der Waals surface area contributed by atoms with Gasteiger partial charge in [-0.05, 0) is 44.5 Å². The van der Waals surface area contributed by atoms with Crippen LogP contribution >= 0.6 is 0 Å². The van der Waals surface area contributed by atoms with E-state index in [1.165, 1.54) is 24.3 Å². The number of rotatable bonds is 2. The molecule has 1 aromatic carbocycles. The number of hydrogen-bond donors (Lipinski definition) is 0. The van der Waals surface area contributed by atoms with Crippen molar-refractivity contribution in [2.75, 3.05) is 26.2 Å². The summed E-state index contributed by atoms with van der Waals surface area (Å²) in [5, 5.41) is 4.31. The fourth-order valence-corrected chi connectivity index (χ4v) is 3.34. The third kappa shape index (κ3) is 3.47. The average Bonchev–Trinajstić information content (AvgIpc) is 2.81. The Morgan fingerprint density at radius 2 is 1.54 bits per heavy atom. The number of carbonyl (C=O) groups is 2. The van der Waals surface area contributed by atoms with Crippen molar-refractivity contribution >= 4 is 11.8 Å². The Balaban J connectivity index is 1.71. The zero-order chi connectivity index (χ0) is 18.8. The summed E-state index contributed by atoms with van der Waals surface area (Å²) >= 11 is 0. The Kier molecular flexibility index (Phi) is 5.06. The van der Waals surface area contributed by atoms with Gasteiger partial charge < -0.3 is 9.80 Å². The second-order valence-corrected chi connectivity index (χ2v) is 6.61. The summed E-state index contributed by atoms with van der Waals surface area (Å²) in [6.45, 7) is 5.82. The molecule has 0 unspecified atom stereocenters. The van der Waals surface area contributed by atoms with Crippen LogP contribution in [0.15, 0.2) is 24.3 Å². The predicted molar refractivity (Wildman–Crippen MR) is 95.5 cm³/mol. The molecule has 1 aliphatic rings. The second-order valence-electron chi connectivity index (χ2n) is 6.61. The minimum absolute atomic E-state index is 0.0378. The van der Waals surface area contributed by atoms with Crippen LogP contribution in [0.5, 0.6) is 0 Å². The van der Waals surface area contributed by atoms with Crippen LogP contribution in [0.1, 0.15) is 38.5 Å². The Morgan fingerprint density at radius 1 is 0.962 bits per heavy atom. The molecule has 2 amide bonds. The van der Waals surface area contributed by atoms with E-state index in [0.29, 0.717) is 43.7 Å². The Morgan fingerprint density at radius 3 is 2.08 bits per heavy atom. The quantitative estimate of drug-likeness (QED) is 0.827. The molecule has 2 heterocycles. The molecule has 0 bridgehead atoms. The Labute approximate surface area is 152 Å². The highest BCUT2D eigenvalue weighted by Gasteiger charge is 2.26. The van der Waals surface area contributed by atoms with Crippen molar-refractivity contribution in [3.63, 3.8) is 0 Å². The molecule has 0 radical (unpaired) electrons. The van der Waals surface area contributed by atoms with Gasteiger partial charge in [0.05, 0.1) is 11.3 Å². The molecule has 7 heteroatoms. The van der Waals surface area contributed by atoms with Gasteiger partial charge in [-0.25, -0.2) is 4.39 Å². The summed E-state index contributed by atoms with van der Waals surface area (Å²) in [7, 11) is 1.82. The lowest BCUT2D eigenvalue weighted by atomic mass is 10.1. The van der Waals surface area contributed by atoms with Gasteiger partial charge in [0.2, 0.25) is 0 Å². The van der Waals surface area contributed by atoms with Crippen molar-refractivity contribution in [2.45, 2.75) is 20.3 Å². The fraction of sp³-hybridized carbons (Fsp3) is 0.421. The van der Waals surface area contributed by atoms with E-state index in [1.54, 1.807) is 14.5 Å². The number of halogens is 1. The van der Waals surface area contributed by atoms with Crippen LogP contribution in [0, 0.1) is 19.7 Å². The minimum Gasteiger partial charge on any atom is -0.337 e. The molecule has 1 saturated heterocycles. The van der Waals surface area contributed by atoms with Crippen molar-refractivity contribution in [3.05, 3.63) is 52.6 Å². The number of nitrogens with zero attached hydrogens (tertiary/aromatic N) is 4. The largest absolute Gasteiger partial charge is 0.337 e. The molecule has 0 aliphatic carbocycles. The second kappa shape index (κ2) is 7.27. The lowest BCUT2D eigenvalue weighted by molar-refractivity contribution is 0.0718. The summed E-state index contributed by atoms with van der Waals surface area (Å²) in [6.07, 6.45) is 0.705. The van der Waals surface area contributed by atoms with Crippen LogP contribution in [0.4, 0.5) is 4.39 Å². The standard InChI is InChI=1S/C19H23FN4O2/c1-13-17(14(2)22(3)21-13)19(26)24-10-4-9-23(11-12-24)18(25)15-5-7-16(20)8-6-15/h5-8H,4,9-12H2,1-3H3. The zero-order valence-electron chi connectivity index (χ0n) is 15.3. The van der Waals surface area contributed by atoms with Crippen LogP contribution in [0.2, 0.25) is 0 Å². The highest BCUT2D eigenvalue weighted by molar-refractivity contribution is 5.97. The Hall–Kier alpha value is -2.70. The van der Waals surface area contributed by atoms with E-state index < -0.39 is 0 Å². The van der Waals surface area contributed by atoms with E-state index in [2.05, 4.69) is 5.10 Å². The van der Waals surface area contributed by atoms with Crippen LogP contribution in [0.3, 0.4) is 0 Å². The number of amides is 2. The topological polar surface area (TPSA) is 58.4 Å². The van der Waals surface area contributed by atoms with Crippen LogP contribution in [0.25, 0.3) is 0 Å². The number of aromatic nitrogens is 2. The van der Waals surface area contributed by atoms with Gasteiger partial charge in [0.25, 0.3) is 11.8 Å². The van der Waals surface area contributed by atoms with Gasteiger partial charge in [-0.3, -0.25) is 14.3 Å². The van der Waals surface area contributed by atoms with Crippen LogP contribution in [-0.4, -0.2) is 57.6 Å². The van der Waals surface area contributed by atoms with E-state index in [4.69, 9.17) is 0 Å². The van der Waals surface area contributed by atoms with Gasteiger partial charge >= 0.3 is 0 Å². The summed E-state index contributed by atoms with van der Waals surface area (Å²) in [5.41, 5.74) is 2.67. The van der Waals surface area contributed by atoms with E-state index in [1.807, 2.05) is 20.9 Å². The molecule has 1 fully saturated rings. The summed E-state index contributed by atoms with van der Waals surface area (Å²) in [5.74, 6) is -0.534. The minimum atomic E-state index is -0.364. The van der Waals surface area contributed by atoms with Gasteiger partial charge in [0.1, 0.15) is 5.82 Å². The van der Waals surface area contributed by atoms with Crippen molar-refractivity contribution in [1.82, 2.24) is 19.6 Å². The van der Waals surface area contributed by atoms with E-state index in [9.17, 15) is 14.0 Å². The summed E-state index contributed by atoms with van der Waals surface area (Å²) in [4.78, 5) is 29.0. The predicted octanol–water partition coefficient (Wildman–Crippen LogP) is 2.16. The van der Waals surface area contributed by atoms with Gasteiger partial charge in [-0.2, -0.15) is 5.10 Å². The molecule has 0 atom stereocenters. The Bertz CT molecular complexity index is 829.